The number of fused-ring (bicyclic) bond motifs is 1. The maximum Gasteiger partial charge on any atom is 0.264 e. The zero-order valence-electron chi connectivity index (χ0n) is 11.3. The summed E-state index contributed by atoms with van der Waals surface area (Å²) in [5.41, 5.74) is 8.22. The standard InChI is InChI=1S/C14H14N4O2S/c1-9-7-16-5-4-12(9)18-21(19,20)14-8-17-13-3-2-10(15)6-11(13)14/h2-8,17H,15H2,1H3,(H,16,18). The van der Waals surface area contributed by atoms with E-state index in [0.29, 0.717) is 16.8 Å². The van der Waals surface area contributed by atoms with Crippen molar-refractivity contribution in [1.82, 2.24) is 9.97 Å². The van der Waals surface area contributed by atoms with Crippen LogP contribution in [-0.2, 0) is 10.0 Å². The molecule has 0 saturated carbocycles. The summed E-state index contributed by atoms with van der Waals surface area (Å²) in [6.07, 6.45) is 4.60. The van der Waals surface area contributed by atoms with Gasteiger partial charge in [-0.05, 0) is 36.8 Å². The van der Waals surface area contributed by atoms with Crippen molar-refractivity contribution in [3.63, 3.8) is 0 Å². The topological polar surface area (TPSA) is 101 Å². The average molecular weight is 302 g/mol. The number of hydrogen-bond donors (Lipinski definition) is 3. The quantitative estimate of drug-likeness (QED) is 0.646. The minimum atomic E-state index is -3.70. The van der Waals surface area contributed by atoms with Crippen molar-refractivity contribution in [3.05, 3.63) is 48.4 Å². The maximum absolute atomic E-state index is 12.5. The summed E-state index contributed by atoms with van der Waals surface area (Å²) < 4.78 is 27.7. The van der Waals surface area contributed by atoms with Crippen LogP contribution in [0.2, 0.25) is 0 Å². The van der Waals surface area contributed by atoms with Crippen molar-refractivity contribution in [2.75, 3.05) is 10.5 Å². The van der Waals surface area contributed by atoms with E-state index in [-0.39, 0.29) is 4.90 Å². The van der Waals surface area contributed by atoms with E-state index in [9.17, 15) is 8.42 Å². The third-order valence-corrected chi connectivity index (χ3v) is 4.63. The molecular weight excluding hydrogens is 288 g/mol. The third-order valence-electron chi connectivity index (χ3n) is 3.22. The van der Waals surface area contributed by atoms with Crippen molar-refractivity contribution >= 4 is 32.3 Å². The molecule has 0 aliphatic rings. The molecule has 0 bridgehead atoms. The van der Waals surface area contributed by atoms with Crippen molar-refractivity contribution in [3.8, 4) is 0 Å². The van der Waals surface area contributed by atoms with Crippen LogP contribution in [0.15, 0.2) is 47.8 Å². The van der Waals surface area contributed by atoms with Gasteiger partial charge in [0, 0.05) is 35.2 Å². The number of aryl methyl sites for hydroxylation is 1. The number of nitrogens with one attached hydrogen (secondary N) is 2. The Balaban J connectivity index is 2.09. The number of nitrogens with two attached hydrogens (primary N) is 1. The molecule has 0 aliphatic carbocycles. The van der Waals surface area contributed by atoms with Gasteiger partial charge in [-0.2, -0.15) is 0 Å². The molecule has 0 fully saturated rings. The number of nitrogen functional groups attached to an aromatic ring is 1. The zero-order chi connectivity index (χ0) is 15.0. The highest BCUT2D eigenvalue weighted by molar-refractivity contribution is 7.93. The van der Waals surface area contributed by atoms with Crippen molar-refractivity contribution in [1.29, 1.82) is 0 Å². The van der Waals surface area contributed by atoms with E-state index in [1.165, 1.54) is 12.4 Å². The van der Waals surface area contributed by atoms with E-state index in [0.717, 1.165) is 11.1 Å². The van der Waals surface area contributed by atoms with Crippen LogP contribution in [-0.4, -0.2) is 18.4 Å². The first-order valence-electron chi connectivity index (χ1n) is 6.27. The number of aromatic amines is 1. The number of hydrogen-bond acceptors (Lipinski definition) is 4. The van der Waals surface area contributed by atoms with Gasteiger partial charge in [-0.1, -0.05) is 0 Å². The highest BCUT2D eigenvalue weighted by Gasteiger charge is 2.19. The molecule has 0 amide bonds. The number of H-pyrrole nitrogens is 1. The lowest BCUT2D eigenvalue weighted by molar-refractivity contribution is 0.602. The molecule has 6 nitrogen and oxygen atoms in total. The number of rotatable bonds is 3. The molecule has 21 heavy (non-hydrogen) atoms. The molecule has 4 N–H and O–H groups in total. The van der Waals surface area contributed by atoms with E-state index in [1.54, 1.807) is 37.4 Å². The second-order valence-corrected chi connectivity index (χ2v) is 6.40. The van der Waals surface area contributed by atoms with Crippen LogP contribution < -0.4 is 10.5 Å². The molecule has 1 aromatic carbocycles. The van der Waals surface area contributed by atoms with Gasteiger partial charge in [0.2, 0.25) is 0 Å². The molecule has 0 unspecified atom stereocenters. The predicted molar refractivity (Wildman–Crippen MR) is 82.5 cm³/mol. The Morgan fingerprint density at radius 3 is 2.86 bits per heavy atom. The summed E-state index contributed by atoms with van der Waals surface area (Å²) in [6, 6.07) is 6.73. The number of pyridine rings is 1. The SMILES string of the molecule is Cc1cnccc1NS(=O)(=O)c1c[nH]c2ccc(N)cc12. The Hall–Kier alpha value is -2.54. The van der Waals surface area contributed by atoms with Gasteiger partial charge in [-0.3, -0.25) is 9.71 Å². The summed E-state index contributed by atoms with van der Waals surface area (Å²) in [6.45, 7) is 1.79. The second kappa shape index (κ2) is 4.78. The highest BCUT2D eigenvalue weighted by Crippen LogP contribution is 2.27. The van der Waals surface area contributed by atoms with E-state index in [1.807, 2.05) is 0 Å². The zero-order valence-corrected chi connectivity index (χ0v) is 12.1. The van der Waals surface area contributed by atoms with Crippen LogP contribution in [0.4, 0.5) is 11.4 Å². The van der Waals surface area contributed by atoms with E-state index in [2.05, 4.69) is 14.7 Å². The number of aromatic nitrogens is 2. The Bertz CT molecular complexity index is 916. The number of nitrogens with zero attached hydrogens (tertiary/aromatic N) is 1. The molecule has 7 heteroatoms. The van der Waals surface area contributed by atoms with Crippen molar-refractivity contribution < 1.29 is 8.42 Å². The molecule has 2 heterocycles. The molecule has 0 saturated heterocycles. The van der Waals surface area contributed by atoms with Crippen LogP contribution >= 0.6 is 0 Å². The normalized spacial score (nSPS) is 11.7. The summed E-state index contributed by atoms with van der Waals surface area (Å²) >= 11 is 0. The first-order chi connectivity index (χ1) is 9.97. The Kier molecular flexibility index (Phi) is 3.06. The van der Waals surface area contributed by atoms with Gasteiger partial charge in [-0.15, -0.1) is 0 Å². The fraction of sp³-hybridized carbons (Fsp3) is 0.0714. The van der Waals surface area contributed by atoms with Crippen LogP contribution in [0, 0.1) is 6.92 Å². The minimum absolute atomic E-state index is 0.168. The molecule has 0 spiro atoms. The van der Waals surface area contributed by atoms with Crippen LogP contribution in [0.5, 0.6) is 0 Å². The molecule has 108 valence electrons. The van der Waals surface area contributed by atoms with Gasteiger partial charge < -0.3 is 10.7 Å². The summed E-state index contributed by atoms with van der Waals surface area (Å²) in [5.74, 6) is 0. The van der Waals surface area contributed by atoms with E-state index < -0.39 is 10.0 Å². The smallest absolute Gasteiger partial charge is 0.264 e. The van der Waals surface area contributed by atoms with Crippen molar-refractivity contribution in [2.24, 2.45) is 0 Å². The van der Waals surface area contributed by atoms with Crippen LogP contribution in [0.25, 0.3) is 10.9 Å². The van der Waals surface area contributed by atoms with Gasteiger partial charge in [-0.25, -0.2) is 8.42 Å². The van der Waals surface area contributed by atoms with Crippen molar-refractivity contribution in [2.45, 2.75) is 11.8 Å². The lowest BCUT2D eigenvalue weighted by Gasteiger charge is -2.09. The largest absolute Gasteiger partial charge is 0.399 e. The average Bonchev–Trinajstić information content (AvgIpc) is 2.85. The van der Waals surface area contributed by atoms with E-state index in [4.69, 9.17) is 5.73 Å². The molecule has 3 rings (SSSR count). The molecule has 2 aromatic heterocycles. The third kappa shape index (κ3) is 2.43. The first kappa shape index (κ1) is 13.4. The molecule has 0 atom stereocenters. The Morgan fingerprint density at radius 1 is 1.29 bits per heavy atom. The monoisotopic (exact) mass is 302 g/mol. The van der Waals surface area contributed by atoms with E-state index >= 15 is 0 Å². The van der Waals surface area contributed by atoms with Gasteiger partial charge in [0.1, 0.15) is 4.90 Å². The lowest BCUT2D eigenvalue weighted by Crippen LogP contribution is -2.13. The van der Waals surface area contributed by atoms with Gasteiger partial charge in [0.15, 0.2) is 0 Å². The molecule has 0 aliphatic heterocycles. The van der Waals surface area contributed by atoms with Crippen LogP contribution in [0.1, 0.15) is 5.56 Å². The molecular formula is C14H14N4O2S. The lowest BCUT2D eigenvalue weighted by atomic mass is 10.2. The van der Waals surface area contributed by atoms with Gasteiger partial charge in [0.05, 0.1) is 5.69 Å². The first-order valence-corrected chi connectivity index (χ1v) is 7.76. The minimum Gasteiger partial charge on any atom is -0.399 e. The predicted octanol–water partition coefficient (Wildman–Crippen LogP) is 2.25. The summed E-state index contributed by atoms with van der Waals surface area (Å²) in [4.78, 5) is 7.04. The second-order valence-electron chi connectivity index (χ2n) is 4.75. The fourth-order valence-corrected chi connectivity index (χ4v) is 3.42. The summed E-state index contributed by atoms with van der Waals surface area (Å²) in [5, 5.41) is 0.564. The number of benzene rings is 1. The number of anilines is 2. The molecule has 0 radical (unpaired) electrons. The maximum atomic E-state index is 12.5. The highest BCUT2D eigenvalue weighted by atomic mass is 32.2. The van der Waals surface area contributed by atoms with Gasteiger partial charge in [0.25, 0.3) is 10.0 Å². The Labute approximate surface area is 122 Å². The summed E-state index contributed by atoms with van der Waals surface area (Å²) in [7, 11) is -3.70. The Morgan fingerprint density at radius 2 is 2.10 bits per heavy atom. The number of sulfonamides is 1. The fourth-order valence-electron chi connectivity index (χ4n) is 2.12. The van der Waals surface area contributed by atoms with Gasteiger partial charge >= 0.3 is 0 Å². The molecule has 3 aromatic rings. The van der Waals surface area contributed by atoms with Crippen LogP contribution in [0.3, 0.4) is 0 Å².